The van der Waals surface area contributed by atoms with Crippen LogP contribution in [0, 0.1) is 0 Å². The lowest BCUT2D eigenvalue weighted by molar-refractivity contribution is -0.145. The summed E-state index contributed by atoms with van der Waals surface area (Å²) >= 11 is 5.84. The summed E-state index contributed by atoms with van der Waals surface area (Å²) < 4.78 is 54.7. The fourth-order valence-corrected chi connectivity index (χ4v) is 3.55. The Morgan fingerprint density at radius 3 is 2.62 bits per heavy atom. The molecule has 3 rings (SSSR count). The summed E-state index contributed by atoms with van der Waals surface area (Å²) in [6, 6.07) is 5.70. The molecule has 1 fully saturated rings. The van der Waals surface area contributed by atoms with Crippen LogP contribution in [0.4, 0.5) is 19.0 Å². The summed E-state index contributed by atoms with van der Waals surface area (Å²) in [5.41, 5.74) is 2.15. The largest absolute Gasteiger partial charge is 0.493 e. The summed E-state index contributed by atoms with van der Waals surface area (Å²) in [6.45, 7) is 4.68. The number of methoxy groups -OCH3 is 1. The minimum Gasteiger partial charge on any atom is -0.493 e. The van der Waals surface area contributed by atoms with Gasteiger partial charge in [0.25, 0.3) is 5.91 Å². The average molecular weight is 501 g/mol. The van der Waals surface area contributed by atoms with Gasteiger partial charge in [-0.05, 0) is 43.7 Å². The van der Waals surface area contributed by atoms with Crippen LogP contribution in [-0.2, 0) is 15.7 Å². The molecule has 2 heterocycles. The molecule has 12 heteroatoms. The van der Waals surface area contributed by atoms with E-state index in [-0.39, 0.29) is 35.6 Å². The van der Waals surface area contributed by atoms with Crippen LogP contribution in [0.15, 0.2) is 35.6 Å². The highest BCUT2D eigenvalue weighted by Gasteiger charge is 2.31. The Balaban J connectivity index is 1.60. The summed E-state index contributed by atoms with van der Waals surface area (Å²) in [6.07, 6.45) is -2.55. The second-order valence-corrected chi connectivity index (χ2v) is 8.08. The number of rotatable bonds is 7. The van der Waals surface area contributed by atoms with Crippen molar-refractivity contribution in [2.75, 3.05) is 32.2 Å². The monoisotopic (exact) mass is 500 g/mol. The zero-order valence-corrected chi connectivity index (χ0v) is 19.5. The molecule has 2 atom stereocenters. The molecule has 1 aliphatic rings. The van der Waals surface area contributed by atoms with Crippen molar-refractivity contribution in [2.24, 2.45) is 5.10 Å². The normalized spacial score (nSPS) is 18.7. The van der Waals surface area contributed by atoms with Gasteiger partial charge in [-0.3, -0.25) is 10.2 Å². The molecule has 0 aliphatic carbocycles. The molecule has 184 valence electrons. The van der Waals surface area contributed by atoms with E-state index in [0.29, 0.717) is 36.3 Å². The number of carbonyl (C=O) groups is 1. The van der Waals surface area contributed by atoms with E-state index in [1.165, 1.54) is 13.3 Å². The standard InChI is InChI=1S/C22H24ClF3N4O4/c1-13-10-30(11-14(2)34-13)20(31)12-33-18-5-4-15(6-19(18)32-3)8-28-29-21-17(23)7-16(9-27-21)22(24,25)26/h4-9,13-14H,10-12H2,1-3H3,(H,27,29)/b28-8-/t13-,14+. The number of halogens is 4. The molecule has 0 spiro atoms. The van der Waals surface area contributed by atoms with Crippen molar-refractivity contribution in [1.82, 2.24) is 9.88 Å². The molecule has 0 unspecified atom stereocenters. The Morgan fingerprint density at radius 1 is 1.29 bits per heavy atom. The maximum atomic E-state index is 12.7. The molecule has 1 N–H and O–H groups in total. The molecule has 1 aromatic carbocycles. The Morgan fingerprint density at radius 2 is 2.00 bits per heavy atom. The van der Waals surface area contributed by atoms with Crippen molar-refractivity contribution in [3.05, 3.63) is 46.6 Å². The lowest BCUT2D eigenvalue weighted by atomic mass is 10.2. The number of hydrogen-bond donors (Lipinski definition) is 1. The maximum absolute atomic E-state index is 12.7. The molecule has 1 aliphatic heterocycles. The van der Waals surface area contributed by atoms with Crippen LogP contribution < -0.4 is 14.9 Å². The number of ether oxygens (including phenoxy) is 3. The van der Waals surface area contributed by atoms with Gasteiger partial charge in [0.1, 0.15) is 0 Å². The average Bonchev–Trinajstić information content (AvgIpc) is 2.77. The predicted molar refractivity (Wildman–Crippen MR) is 121 cm³/mol. The first kappa shape index (κ1) is 25.6. The van der Waals surface area contributed by atoms with Gasteiger partial charge >= 0.3 is 6.18 Å². The van der Waals surface area contributed by atoms with E-state index in [9.17, 15) is 18.0 Å². The second-order valence-electron chi connectivity index (χ2n) is 7.68. The first-order valence-electron chi connectivity index (χ1n) is 10.3. The van der Waals surface area contributed by atoms with E-state index >= 15 is 0 Å². The molecule has 0 bridgehead atoms. The quantitative estimate of drug-likeness (QED) is 0.452. The number of aromatic nitrogens is 1. The molecular formula is C22H24ClF3N4O4. The molecule has 8 nitrogen and oxygen atoms in total. The lowest BCUT2D eigenvalue weighted by Gasteiger charge is -2.35. The Labute approximate surface area is 199 Å². The van der Waals surface area contributed by atoms with Gasteiger partial charge in [0.05, 0.1) is 36.1 Å². The van der Waals surface area contributed by atoms with E-state index in [2.05, 4.69) is 15.5 Å². The molecule has 34 heavy (non-hydrogen) atoms. The lowest BCUT2D eigenvalue weighted by Crippen LogP contribution is -2.49. The third kappa shape index (κ3) is 6.73. The molecule has 2 aromatic rings. The molecule has 0 saturated carbocycles. The van der Waals surface area contributed by atoms with Crippen LogP contribution in [0.25, 0.3) is 0 Å². The Kier molecular flexibility index (Phi) is 8.21. The minimum atomic E-state index is -4.54. The van der Waals surface area contributed by atoms with Gasteiger partial charge in [0.15, 0.2) is 23.9 Å². The maximum Gasteiger partial charge on any atom is 0.417 e. The van der Waals surface area contributed by atoms with Crippen molar-refractivity contribution >= 4 is 29.5 Å². The van der Waals surface area contributed by atoms with E-state index < -0.39 is 11.7 Å². The van der Waals surface area contributed by atoms with Crippen molar-refractivity contribution < 1.29 is 32.2 Å². The van der Waals surface area contributed by atoms with Crippen LogP contribution in [0.5, 0.6) is 11.5 Å². The first-order valence-corrected chi connectivity index (χ1v) is 10.7. The zero-order valence-electron chi connectivity index (χ0n) is 18.7. The number of hydrogen-bond acceptors (Lipinski definition) is 7. The van der Waals surface area contributed by atoms with Crippen LogP contribution in [-0.4, -0.2) is 61.0 Å². The third-order valence-electron chi connectivity index (χ3n) is 4.86. The van der Waals surface area contributed by atoms with Gasteiger partial charge in [-0.2, -0.15) is 18.3 Å². The number of benzene rings is 1. The van der Waals surface area contributed by atoms with Crippen LogP contribution in [0.1, 0.15) is 25.0 Å². The summed E-state index contributed by atoms with van der Waals surface area (Å²) in [4.78, 5) is 17.9. The number of pyridine rings is 1. The van der Waals surface area contributed by atoms with Crippen LogP contribution >= 0.6 is 11.6 Å². The molecule has 0 radical (unpaired) electrons. The van der Waals surface area contributed by atoms with Gasteiger partial charge in [0.2, 0.25) is 0 Å². The Bertz CT molecular complexity index is 1040. The van der Waals surface area contributed by atoms with Crippen molar-refractivity contribution in [3.63, 3.8) is 0 Å². The summed E-state index contributed by atoms with van der Waals surface area (Å²) in [7, 11) is 1.46. The van der Waals surface area contributed by atoms with Crippen molar-refractivity contribution in [3.8, 4) is 11.5 Å². The number of hydrazone groups is 1. The minimum absolute atomic E-state index is 0.0249. The van der Waals surface area contributed by atoms with Crippen molar-refractivity contribution in [1.29, 1.82) is 0 Å². The highest BCUT2D eigenvalue weighted by molar-refractivity contribution is 6.32. The third-order valence-corrected chi connectivity index (χ3v) is 5.15. The number of anilines is 1. The topological polar surface area (TPSA) is 85.3 Å². The zero-order chi connectivity index (χ0) is 24.9. The van der Waals surface area contributed by atoms with Crippen LogP contribution in [0.3, 0.4) is 0 Å². The van der Waals surface area contributed by atoms with E-state index in [4.69, 9.17) is 25.8 Å². The van der Waals surface area contributed by atoms with Crippen LogP contribution in [0.2, 0.25) is 5.02 Å². The van der Waals surface area contributed by atoms with Gasteiger partial charge in [-0.15, -0.1) is 0 Å². The smallest absolute Gasteiger partial charge is 0.417 e. The highest BCUT2D eigenvalue weighted by Crippen LogP contribution is 2.32. The van der Waals surface area contributed by atoms with Gasteiger partial charge in [0, 0.05) is 19.3 Å². The van der Waals surface area contributed by atoms with E-state index in [1.807, 2.05) is 13.8 Å². The molecule has 1 aromatic heterocycles. The van der Waals surface area contributed by atoms with Gasteiger partial charge < -0.3 is 19.1 Å². The molecular weight excluding hydrogens is 477 g/mol. The van der Waals surface area contributed by atoms with Gasteiger partial charge in [-0.1, -0.05) is 11.6 Å². The SMILES string of the molecule is COc1cc(/C=N\Nc2ncc(C(F)(F)F)cc2Cl)ccc1OCC(=O)N1C[C@@H](C)O[C@@H](C)C1. The van der Waals surface area contributed by atoms with Gasteiger partial charge in [-0.25, -0.2) is 4.98 Å². The van der Waals surface area contributed by atoms with Crippen molar-refractivity contribution in [2.45, 2.75) is 32.2 Å². The number of nitrogens with zero attached hydrogens (tertiary/aromatic N) is 3. The predicted octanol–water partition coefficient (Wildman–Crippen LogP) is 4.22. The number of alkyl halides is 3. The number of morpholine rings is 1. The van der Waals surface area contributed by atoms with E-state index in [0.717, 1.165) is 6.07 Å². The number of nitrogens with one attached hydrogen (secondary N) is 1. The molecule has 1 amide bonds. The molecule has 1 saturated heterocycles. The fraction of sp³-hybridized carbons (Fsp3) is 0.409. The number of amides is 1. The fourth-order valence-electron chi connectivity index (χ4n) is 3.34. The van der Waals surface area contributed by atoms with E-state index in [1.54, 1.807) is 23.1 Å². The number of carbonyl (C=O) groups excluding carboxylic acids is 1. The highest BCUT2D eigenvalue weighted by atomic mass is 35.5. The first-order chi connectivity index (χ1) is 16.1. The second kappa shape index (κ2) is 10.9. The summed E-state index contributed by atoms with van der Waals surface area (Å²) in [5, 5.41) is 3.73. The summed E-state index contributed by atoms with van der Waals surface area (Å²) in [5.74, 6) is 0.580. The Hall–Kier alpha value is -3.05.